The number of carboxylic acid groups (broad SMARTS) is 1. The van der Waals surface area contributed by atoms with Crippen LogP contribution < -0.4 is 4.90 Å². The molecule has 96 valence electrons. The normalized spacial score (nSPS) is 17.3. The molecule has 1 aliphatic heterocycles. The minimum Gasteiger partial charge on any atom is -0.480 e. The van der Waals surface area contributed by atoms with Crippen molar-refractivity contribution in [1.82, 2.24) is 0 Å². The topological polar surface area (TPSA) is 40.5 Å². The highest BCUT2D eigenvalue weighted by atomic mass is 16.4. The highest BCUT2D eigenvalue weighted by Gasteiger charge is 2.33. The van der Waals surface area contributed by atoms with Crippen LogP contribution in [0.3, 0.4) is 0 Å². The van der Waals surface area contributed by atoms with Gasteiger partial charge in [-0.1, -0.05) is 48.5 Å². The molecule has 0 saturated carbocycles. The van der Waals surface area contributed by atoms with Crippen molar-refractivity contribution in [1.29, 1.82) is 0 Å². The van der Waals surface area contributed by atoms with E-state index in [1.807, 2.05) is 59.5 Å². The van der Waals surface area contributed by atoms with Crippen LogP contribution in [0.4, 0.5) is 5.69 Å². The summed E-state index contributed by atoms with van der Waals surface area (Å²) in [5.41, 5.74) is 3.29. The number of carboxylic acids is 1. The molecule has 1 N–H and O–H groups in total. The first-order chi connectivity index (χ1) is 9.25. The van der Waals surface area contributed by atoms with Crippen molar-refractivity contribution in [3.05, 3.63) is 65.7 Å². The van der Waals surface area contributed by atoms with Crippen molar-refractivity contribution < 1.29 is 9.90 Å². The third kappa shape index (κ3) is 2.19. The second kappa shape index (κ2) is 4.76. The number of hydrogen-bond donors (Lipinski definition) is 1. The molecule has 3 heteroatoms. The van der Waals surface area contributed by atoms with Crippen LogP contribution in [0.15, 0.2) is 54.6 Å². The molecule has 2 aromatic rings. The van der Waals surface area contributed by atoms with Crippen molar-refractivity contribution in [2.24, 2.45) is 0 Å². The van der Waals surface area contributed by atoms with Gasteiger partial charge in [0.25, 0.3) is 0 Å². The smallest absolute Gasteiger partial charge is 0.326 e. The highest BCUT2D eigenvalue weighted by Crippen LogP contribution is 2.33. The lowest BCUT2D eigenvalue weighted by Crippen LogP contribution is -2.38. The minimum absolute atomic E-state index is 0.461. The van der Waals surface area contributed by atoms with Crippen LogP contribution in [0.25, 0.3) is 0 Å². The number of nitrogens with zero attached hydrogens (tertiary/aromatic N) is 1. The van der Waals surface area contributed by atoms with Gasteiger partial charge in [-0.3, -0.25) is 0 Å². The fraction of sp³-hybridized carbons (Fsp3) is 0.188. The number of aliphatic carboxylic acids is 1. The van der Waals surface area contributed by atoms with Crippen LogP contribution >= 0.6 is 0 Å². The second-order valence-electron chi connectivity index (χ2n) is 4.80. The molecule has 0 saturated heterocycles. The standard InChI is InChI=1S/C16H15NO2/c18-16(19)15-10-13-8-4-5-9-14(13)17(15)11-12-6-2-1-3-7-12/h1-9,15H,10-11H2,(H,18,19). The van der Waals surface area contributed by atoms with Gasteiger partial charge in [-0.25, -0.2) is 4.79 Å². The van der Waals surface area contributed by atoms with Crippen LogP contribution in [0, 0.1) is 0 Å². The summed E-state index contributed by atoms with van der Waals surface area (Å²) in [6, 6.07) is 17.5. The van der Waals surface area contributed by atoms with E-state index in [2.05, 4.69) is 0 Å². The molecule has 1 atom stereocenters. The van der Waals surface area contributed by atoms with E-state index in [-0.39, 0.29) is 0 Å². The molecule has 0 bridgehead atoms. The molecule has 3 nitrogen and oxygen atoms in total. The van der Waals surface area contributed by atoms with Crippen LogP contribution in [0.5, 0.6) is 0 Å². The van der Waals surface area contributed by atoms with Crippen molar-refractivity contribution >= 4 is 11.7 Å². The Morgan fingerprint density at radius 3 is 2.53 bits per heavy atom. The number of rotatable bonds is 3. The Morgan fingerprint density at radius 2 is 1.79 bits per heavy atom. The number of para-hydroxylation sites is 1. The molecular formula is C16H15NO2. The molecule has 1 aliphatic rings. The van der Waals surface area contributed by atoms with E-state index >= 15 is 0 Å². The first kappa shape index (κ1) is 11.8. The predicted molar refractivity (Wildman–Crippen MR) is 74.2 cm³/mol. The van der Waals surface area contributed by atoms with Crippen LogP contribution in [-0.4, -0.2) is 17.1 Å². The Kier molecular flexibility index (Phi) is 2.95. The van der Waals surface area contributed by atoms with Gasteiger partial charge in [0.15, 0.2) is 0 Å². The third-order valence-corrected chi connectivity index (χ3v) is 3.57. The van der Waals surface area contributed by atoms with E-state index in [1.54, 1.807) is 0 Å². The lowest BCUT2D eigenvalue weighted by atomic mass is 10.1. The van der Waals surface area contributed by atoms with Crippen molar-refractivity contribution in [2.45, 2.75) is 19.0 Å². The van der Waals surface area contributed by atoms with Gasteiger partial charge in [0.2, 0.25) is 0 Å². The van der Waals surface area contributed by atoms with Gasteiger partial charge in [0, 0.05) is 18.7 Å². The van der Waals surface area contributed by atoms with E-state index in [4.69, 9.17) is 0 Å². The van der Waals surface area contributed by atoms with E-state index in [0.717, 1.165) is 16.8 Å². The second-order valence-corrected chi connectivity index (χ2v) is 4.80. The quantitative estimate of drug-likeness (QED) is 0.914. The molecule has 0 fully saturated rings. The van der Waals surface area contributed by atoms with E-state index in [1.165, 1.54) is 0 Å². The lowest BCUT2D eigenvalue weighted by molar-refractivity contribution is -0.138. The number of hydrogen-bond acceptors (Lipinski definition) is 2. The first-order valence-electron chi connectivity index (χ1n) is 6.37. The first-order valence-corrected chi connectivity index (χ1v) is 6.37. The maximum Gasteiger partial charge on any atom is 0.326 e. The largest absolute Gasteiger partial charge is 0.480 e. The SMILES string of the molecule is O=C(O)C1Cc2ccccc2N1Cc1ccccc1. The summed E-state index contributed by atoms with van der Waals surface area (Å²) in [6.45, 7) is 0.634. The van der Waals surface area contributed by atoms with Crippen molar-refractivity contribution in [2.75, 3.05) is 4.90 Å². The predicted octanol–water partition coefficient (Wildman–Crippen LogP) is 2.70. The Morgan fingerprint density at radius 1 is 1.11 bits per heavy atom. The molecular weight excluding hydrogens is 238 g/mol. The highest BCUT2D eigenvalue weighted by molar-refractivity contribution is 5.82. The maximum atomic E-state index is 11.4. The summed E-state index contributed by atoms with van der Waals surface area (Å²) in [7, 11) is 0. The van der Waals surface area contributed by atoms with Crippen molar-refractivity contribution in [3.8, 4) is 0 Å². The van der Waals surface area contributed by atoms with Crippen LogP contribution in [0.2, 0.25) is 0 Å². The molecule has 0 radical (unpaired) electrons. The molecule has 0 spiro atoms. The summed E-state index contributed by atoms with van der Waals surface area (Å²) in [4.78, 5) is 13.4. The van der Waals surface area contributed by atoms with Gasteiger partial charge in [-0.15, -0.1) is 0 Å². The average Bonchev–Trinajstić information content (AvgIpc) is 2.79. The molecule has 1 heterocycles. The molecule has 19 heavy (non-hydrogen) atoms. The van der Waals surface area contributed by atoms with Crippen molar-refractivity contribution in [3.63, 3.8) is 0 Å². The number of benzene rings is 2. The van der Waals surface area contributed by atoms with Crippen LogP contribution in [-0.2, 0) is 17.8 Å². The van der Waals surface area contributed by atoms with Gasteiger partial charge in [0.1, 0.15) is 6.04 Å². The summed E-state index contributed by atoms with van der Waals surface area (Å²) in [5.74, 6) is -0.757. The zero-order chi connectivity index (χ0) is 13.2. The van der Waals surface area contributed by atoms with Gasteiger partial charge >= 0.3 is 5.97 Å². The minimum atomic E-state index is -0.757. The van der Waals surface area contributed by atoms with E-state index in [0.29, 0.717) is 13.0 Å². The summed E-state index contributed by atoms with van der Waals surface area (Å²) >= 11 is 0. The molecule has 1 unspecified atom stereocenters. The zero-order valence-corrected chi connectivity index (χ0v) is 10.5. The lowest BCUT2D eigenvalue weighted by Gasteiger charge is -2.24. The fourth-order valence-corrected chi connectivity index (χ4v) is 2.65. The van der Waals surface area contributed by atoms with Gasteiger partial charge < -0.3 is 10.0 Å². The zero-order valence-electron chi connectivity index (χ0n) is 10.5. The Labute approximate surface area is 112 Å². The van der Waals surface area contributed by atoms with Gasteiger partial charge in [0.05, 0.1) is 0 Å². The third-order valence-electron chi connectivity index (χ3n) is 3.57. The molecule has 2 aromatic carbocycles. The Bertz CT molecular complexity index is 595. The van der Waals surface area contributed by atoms with Gasteiger partial charge in [-0.05, 0) is 17.2 Å². The number of anilines is 1. The summed E-state index contributed by atoms with van der Waals surface area (Å²) in [5, 5.41) is 9.39. The van der Waals surface area contributed by atoms with E-state index < -0.39 is 12.0 Å². The average molecular weight is 253 g/mol. The fourth-order valence-electron chi connectivity index (χ4n) is 2.65. The Hall–Kier alpha value is -2.29. The maximum absolute atomic E-state index is 11.4. The van der Waals surface area contributed by atoms with Gasteiger partial charge in [-0.2, -0.15) is 0 Å². The number of carbonyl (C=O) groups is 1. The number of fused-ring (bicyclic) bond motifs is 1. The molecule has 3 rings (SSSR count). The summed E-state index contributed by atoms with van der Waals surface area (Å²) < 4.78 is 0. The Balaban J connectivity index is 1.94. The molecule has 0 aliphatic carbocycles. The molecule has 0 amide bonds. The monoisotopic (exact) mass is 253 g/mol. The summed E-state index contributed by atoms with van der Waals surface area (Å²) in [6.07, 6.45) is 0.582. The van der Waals surface area contributed by atoms with Crippen LogP contribution in [0.1, 0.15) is 11.1 Å². The van der Waals surface area contributed by atoms with E-state index in [9.17, 15) is 9.90 Å². The molecule has 0 aromatic heterocycles.